The van der Waals surface area contributed by atoms with E-state index in [0.717, 1.165) is 5.82 Å². The van der Waals surface area contributed by atoms with Gasteiger partial charge in [0.05, 0.1) is 5.69 Å². The fourth-order valence-corrected chi connectivity index (χ4v) is 3.54. The maximum Gasteiger partial charge on any atom is 0.139 e. The molecule has 0 aliphatic heterocycles. The van der Waals surface area contributed by atoms with E-state index in [1.807, 2.05) is 6.20 Å². The highest BCUT2D eigenvalue weighted by Gasteiger charge is 2.20. The van der Waals surface area contributed by atoms with Crippen molar-refractivity contribution in [2.24, 2.45) is 0 Å². The van der Waals surface area contributed by atoms with Gasteiger partial charge in [0.2, 0.25) is 0 Å². The Morgan fingerprint density at radius 1 is 0.926 bits per heavy atom. The van der Waals surface area contributed by atoms with Crippen molar-refractivity contribution < 1.29 is 0 Å². The van der Waals surface area contributed by atoms with Crippen molar-refractivity contribution in [1.82, 2.24) is 9.55 Å². The van der Waals surface area contributed by atoms with Crippen LogP contribution in [0.1, 0.15) is 70.3 Å². The van der Waals surface area contributed by atoms with Gasteiger partial charge in [-0.15, -0.1) is 0 Å². The van der Waals surface area contributed by atoms with Crippen LogP contribution in [0.4, 0.5) is 0 Å². The molecule has 0 aliphatic carbocycles. The van der Waals surface area contributed by atoms with Gasteiger partial charge in [-0.2, -0.15) is 0 Å². The SMILES string of the molecule is C/C=C(\C)c1nccn1-c1c(C(C)C)cc(-c2ccccc2)cc1C(C)C. The minimum Gasteiger partial charge on any atom is -0.300 e. The van der Waals surface area contributed by atoms with Gasteiger partial charge in [-0.3, -0.25) is 4.57 Å². The Labute approximate surface area is 163 Å². The predicted molar refractivity (Wildman–Crippen MR) is 117 cm³/mol. The van der Waals surface area contributed by atoms with Gasteiger partial charge in [0.1, 0.15) is 5.82 Å². The zero-order chi connectivity index (χ0) is 19.6. The first-order valence-electron chi connectivity index (χ1n) is 9.84. The summed E-state index contributed by atoms with van der Waals surface area (Å²) in [5.74, 6) is 1.86. The average molecular weight is 359 g/mol. The van der Waals surface area contributed by atoms with Crippen LogP contribution in [-0.4, -0.2) is 9.55 Å². The molecule has 0 saturated carbocycles. The number of allylic oxidation sites excluding steroid dienone is 2. The molecule has 2 nitrogen and oxygen atoms in total. The molecule has 0 saturated heterocycles. The number of hydrogen-bond donors (Lipinski definition) is 0. The molecule has 1 aromatic heterocycles. The first-order chi connectivity index (χ1) is 12.9. The van der Waals surface area contributed by atoms with Crippen LogP contribution in [0, 0.1) is 0 Å². The lowest BCUT2D eigenvalue weighted by Crippen LogP contribution is -2.09. The molecule has 0 aliphatic rings. The second-order valence-corrected chi connectivity index (χ2v) is 7.77. The lowest BCUT2D eigenvalue weighted by atomic mass is 9.88. The van der Waals surface area contributed by atoms with E-state index in [4.69, 9.17) is 0 Å². The molecule has 0 radical (unpaired) electrons. The molecule has 0 amide bonds. The van der Waals surface area contributed by atoms with E-state index >= 15 is 0 Å². The van der Waals surface area contributed by atoms with Crippen LogP contribution in [0.25, 0.3) is 22.4 Å². The second-order valence-electron chi connectivity index (χ2n) is 7.77. The van der Waals surface area contributed by atoms with E-state index in [0.29, 0.717) is 11.8 Å². The number of aromatic nitrogens is 2. The third kappa shape index (κ3) is 3.75. The van der Waals surface area contributed by atoms with Crippen molar-refractivity contribution in [3.63, 3.8) is 0 Å². The maximum absolute atomic E-state index is 4.64. The molecule has 0 atom stereocenters. The summed E-state index contributed by atoms with van der Waals surface area (Å²) in [7, 11) is 0. The smallest absolute Gasteiger partial charge is 0.139 e. The van der Waals surface area contributed by atoms with Crippen molar-refractivity contribution in [2.45, 2.75) is 53.4 Å². The molecular formula is C25H30N2. The fourth-order valence-electron chi connectivity index (χ4n) is 3.54. The molecule has 27 heavy (non-hydrogen) atoms. The van der Waals surface area contributed by atoms with E-state index in [1.165, 1.54) is 33.5 Å². The van der Waals surface area contributed by atoms with Gasteiger partial charge < -0.3 is 0 Å². The maximum atomic E-state index is 4.64. The zero-order valence-corrected chi connectivity index (χ0v) is 17.3. The lowest BCUT2D eigenvalue weighted by molar-refractivity contribution is 0.802. The number of rotatable bonds is 5. The van der Waals surface area contributed by atoms with Gasteiger partial charge >= 0.3 is 0 Å². The molecular weight excluding hydrogens is 328 g/mol. The van der Waals surface area contributed by atoms with Crippen LogP contribution in [0.2, 0.25) is 0 Å². The first kappa shape index (κ1) is 19.2. The lowest BCUT2D eigenvalue weighted by Gasteiger charge is -2.23. The van der Waals surface area contributed by atoms with Crippen LogP contribution in [0.3, 0.4) is 0 Å². The van der Waals surface area contributed by atoms with Gasteiger partial charge in [0.25, 0.3) is 0 Å². The Hall–Kier alpha value is -2.61. The number of imidazole rings is 1. The van der Waals surface area contributed by atoms with Gasteiger partial charge in [0, 0.05) is 12.4 Å². The molecule has 0 fully saturated rings. The Kier molecular flexibility index (Phi) is 5.65. The van der Waals surface area contributed by atoms with Crippen molar-refractivity contribution in [1.29, 1.82) is 0 Å². The summed E-state index contributed by atoms with van der Waals surface area (Å²) in [5.41, 5.74) is 7.76. The summed E-state index contributed by atoms with van der Waals surface area (Å²) >= 11 is 0. The van der Waals surface area contributed by atoms with Crippen LogP contribution in [0.15, 0.2) is 60.9 Å². The zero-order valence-electron chi connectivity index (χ0n) is 17.3. The van der Waals surface area contributed by atoms with Gasteiger partial charge in [-0.25, -0.2) is 4.98 Å². The number of benzene rings is 2. The third-order valence-electron chi connectivity index (χ3n) is 5.19. The fraction of sp³-hybridized carbons (Fsp3) is 0.320. The Morgan fingerprint density at radius 2 is 1.52 bits per heavy atom. The minimum atomic E-state index is 0.419. The van der Waals surface area contributed by atoms with Gasteiger partial charge in [0.15, 0.2) is 0 Å². The Morgan fingerprint density at radius 3 is 2.04 bits per heavy atom. The highest BCUT2D eigenvalue weighted by atomic mass is 15.1. The topological polar surface area (TPSA) is 17.8 Å². The molecule has 0 N–H and O–H groups in total. The molecule has 0 spiro atoms. The van der Waals surface area contributed by atoms with E-state index in [-0.39, 0.29) is 0 Å². The predicted octanol–water partition coefficient (Wildman–Crippen LogP) is 7.21. The molecule has 0 unspecified atom stereocenters. The summed E-state index contributed by atoms with van der Waals surface area (Å²) in [4.78, 5) is 4.64. The van der Waals surface area contributed by atoms with E-state index in [2.05, 4.69) is 106 Å². The largest absolute Gasteiger partial charge is 0.300 e. The van der Waals surface area contributed by atoms with E-state index in [9.17, 15) is 0 Å². The van der Waals surface area contributed by atoms with E-state index < -0.39 is 0 Å². The van der Waals surface area contributed by atoms with Crippen LogP contribution < -0.4 is 0 Å². The summed E-state index contributed by atoms with van der Waals surface area (Å²) < 4.78 is 2.27. The Balaban J connectivity index is 2.33. The van der Waals surface area contributed by atoms with Crippen molar-refractivity contribution >= 4 is 5.57 Å². The second kappa shape index (κ2) is 7.96. The highest BCUT2D eigenvalue weighted by molar-refractivity contribution is 5.71. The third-order valence-corrected chi connectivity index (χ3v) is 5.19. The highest BCUT2D eigenvalue weighted by Crippen LogP contribution is 2.37. The van der Waals surface area contributed by atoms with Gasteiger partial charge in [-0.1, -0.05) is 64.1 Å². The Bertz CT molecular complexity index is 914. The van der Waals surface area contributed by atoms with Crippen LogP contribution in [0.5, 0.6) is 0 Å². The molecule has 0 bridgehead atoms. The molecule has 3 rings (SSSR count). The first-order valence-corrected chi connectivity index (χ1v) is 9.84. The summed E-state index contributed by atoms with van der Waals surface area (Å²) in [6, 6.07) is 15.4. The number of nitrogens with zero attached hydrogens (tertiary/aromatic N) is 2. The van der Waals surface area contributed by atoms with Crippen molar-refractivity contribution in [2.75, 3.05) is 0 Å². The molecule has 3 aromatic rings. The summed E-state index contributed by atoms with van der Waals surface area (Å²) in [6.45, 7) is 13.3. The van der Waals surface area contributed by atoms with Crippen molar-refractivity contribution in [3.8, 4) is 16.8 Å². The molecule has 2 aromatic carbocycles. The quantitative estimate of drug-likeness (QED) is 0.471. The monoisotopic (exact) mass is 358 g/mol. The van der Waals surface area contributed by atoms with Crippen molar-refractivity contribution in [3.05, 3.63) is 77.9 Å². The standard InChI is InChI=1S/C25H30N2/c1-7-19(6)25-26-13-14-27(25)24-22(17(2)3)15-21(16-23(24)18(4)5)20-11-9-8-10-12-20/h7-18H,1-6H3/b19-7+. The average Bonchev–Trinajstić information content (AvgIpc) is 3.16. The molecule has 2 heteroatoms. The van der Waals surface area contributed by atoms with E-state index in [1.54, 1.807) is 0 Å². The normalized spacial score (nSPS) is 12.2. The molecule has 140 valence electrons. The number of hydrogen-bond acceptors (Lipinski definition) is 1. The summed E-state index contributed by atoms with van der Waals surface area (Å²) in [5, 5.41) is 0. The summed E-state index contributed by atoms with van der Waals surface area (Å²) in [6.07, 6.45) is 6.13. The molecule has 1 heterocycles. The minimum absolute atomic E-state index is 0.419. The van der Waals surface area contributed by atoms with Crippen LogP contribution >= 0.6 is 0 Å². The van der Waals surface area contributed by atoms with Gasteiger partial charge in [-0.05, 0) is 65.6 Å². The van der Waals surface area contributed by atoms with Crippen LogP contribution in [-0.2, 0) is 0 Å².